The number of rotatable bonds is 7. The maximum atomic E-state index is 12.4. The minimum absolute atomic E-state index is 0.0694. The van der Waals surface area contributed by atoms with Crippen LogP contribution in [0.25, 0.3) is 6.08 Å². The first kappa shape index (κ1) is 20.6. The number of benzene rings is 1. The Balaban J connectivity index is 1.53. The Labute approximate surface area is 169 Å². The molecular weight excluding hydrogens is 374 g/mol. The van der Waals surface area contributed by atoms with E-state index in [9.17, 15) is 19.2 Å². The summed E-state index contributed by atoms with van der Waals surface area (Å²) in [6.07, 6.45) is 5.35. The molecule has 1 aromatic rings. The molecule has 1 saturated carbocycles. The molecule has 1 aromatic carbocycles. The zero-order chi connectivity index (χ0) is 21.0. The molecule has 1 heterocycles. The second-order valence-corrected chi connectivity index (χ2v) is 7.34. The smallest absolute Gasteiger partial charge is 0.308 e. The molecule has 0 bridgehead atoms. The van der Waals surface area contributed by atoms with Crippen molar-refractivity contribution >= 4 is 29.8 Å². The lowest BCUT2D eigenvalue weighted by molar-refractivity contribution is -0.153. The van der Waals surface area contributed by atoms with Gasteiger partial charge >= 0.3 is 5.97 Å². The molecule has 1 aliphatic carbocycles. The van der Waals surface area contributed by atoms with Crippen molar-refractivity contribution in [2.45, 2.75) is 38.3 Å². The third-order valence-corrected chi connectivity index (χ3v) is 4.93. The lowest BCUT2D eigenvalue weighted by Gasteiger charge is -2.32. The summed E-state index contributed by atoms with van der Waals surface area (Å²) in [6.45, 7) is 0.907. The maximum Gasteiger partial charge on any atom is 0.308 e. The monoisotopic (exact) mass is 399 g/mol. The molecule has 8 nitrogen and oxygen atoms in total. The Bertz CT molecular complexity index is 846. The van der Waals surface area contributed by atoms with Crippen LogP contribution in [0.3, 0.4) is 0 Å². The van der Waals surface area contributed by atoms with Crippen LogP contribution in [0, 0.1) is 0 Å². The first-order valence-electron chi connectivity index (χ1n) is 9.60. The highest BCUT2D eigenvalue weighted by Crippen LogP contribution is 2.33. The van der Waals surface area contributed by atoms with Crippen molar-refractivity contribution in [3.63, 3.8) is 0 Å². The zero-order valence-electron chi connectivity index (χ0n) is 16.6. The molecule has 0 saturated heterocycles. The summed E-state index contributed by atoms with van der Waals surface area (Å²) in [5, 5.41) is 2.80. The summed E-state index contributed by atoms with van der Waals surface area (Å²) in [6, 6.07) is 7.24. The van der Waals surface area contributed by atoms with Crippen molar-refractivity contribution in [1.82, 2.24) is 15.1 Å². The van der Waals surface area contributed by atoms with E-state index < -0.39 is 24.5 Å². The van der Waals surface area contributed by atoms with Crippen LogP contribution < -0.4 is 5.32 Å². The third kappa shape index (κ3) is 5.43. The normalized spacial score (nSPS) is 17.3. The second kappa shape index (κ2) is 8.89. The number of fused-ring (bicyclic) bond motifs is 1. The second-order valence-electron chi connectivity index (χ2n) is 7.34. The van der Waals surface area contributed by atoms with Gasteiger partial charge in [0.2, 0.25) is 11.8 Å². The molecule has 0 unspecified atom stereocenters. The minimum Gasteiger partial charge on any atom is -0.455 e. The number of hydrogen-bond donors (Lipinski definition) is 1. The predicted octanol–water partition coefficient (Wildman–Crippen LogP) is 1.23. The van der Waals surface area contributed by atoms with Gasteiger partial charge in [0.15, 0.2) is 6.61 Å². The largest absolute Gasteiger partial charge is 0.455 e. The van der Waals surface area contributed by atoms with Crippen LogP contribution in [0.1, 0.15) is 43.4 Å². The summed E-state index contributed by atoms with van der Waals surface area (Å²) in [4.78, 5) is 50.9. The standard InChI is InChI=1S/C21H25N3O5/c1-14(25)24-10-9-15-5-3-4-6-17(15)18(24)11-21(28)29-13-20(27)23(2)12-19(26)22-16-7-8-16/h3-6,9-10,16,18H,7-8,11-13H2,1-2H3,(H,22,26)/t18-/m0/s1. The molecule has 3 amide bonds. The van der Waals surface area contributed by atoms with Gasteiger partial charge in [-0.05, 0) is 30.0 Å². The predicted molar refractivity (Wildman–Crippen MR) is 105 cm³/mol. The van der Waals surface area contributed by atoms with E-state index in [2.05, 4.69) is 5.32 Å². The van der Waals surface area contributed by atoms with Crippen LogP contribution in [0.2, 0.25) is 0 Å². The maximum absolute atomic E-state index is 12.4. The highest BCUT2D eigenvalue weighted by Gasteiger charge is 2.29. The Kier molecular flexibility index (Phi) is 6.31. The lowest BCUT2D eigenvalue weighted by Crippen LogP contribution is -2.41. The number of carbonyl (C=O) groups excluding carboxylic acids is 4. The van der Waals surface area contributed by atoms with Crippen molar-refractivity contribution in [2.75, 3.05) is 20.2 Å². The van der Waals surface area contributed by atoms with Crippen LogP contribution in [-0.2, 0) is 23.9 Å². The van der Waals surface area contributed by atoms with Crippen molar-refractivity contribution in [1.29, 1.82) is 0 Å². The van der Waals surface area contributed by atoms with E-state index in [-0.39, 0.29) is 30.8 Å². The van der Waals surface area contributed by atoms with E-state index in [4.69, 9.17) is 4.74 Å². The molecule has 154 valence electrons. The Morgan fingerprint density at radius 1 is 1.21 bits per heavy atom. The van der Waals surface area contributed by atoms with E-state index in [1.54, 1.807) is 6.20 Å². The van der Waals surface area contributed by atoms with Gasteiger partial charge in [0, 0.05) is 26.2 Å². The number of nitrogens with one attached hydrogen (secondary N) is 1. The number of ether oxygens (including phenoxy) is 1. The molecule has 3 rings (SSSR count). The number of amides is 3. The summed E-state index contributed by atoms with van der Waals surface area (Å²) < 4.78 is 5.12. The molecule has 29 heavy (non-hydrogen) atoms. The SMILES string of the molecule is CC(=O)N1C=Cc2ccccc2[C@@H]1CC(=O)OCC(=O)N(C)CC(=O)NC1CC1. The summed E-state index contributed by atoms with van der Waals surface area (Å²) in [5.41, 5.74) is 1.78. The molecule has 2 aliphatic rings. The Hall–Kier alpha value is -3.16. The minimum atomic E-state index is -0.587. The van der Waals surface area contributed by atoms with Crippen LogP contribution in [0.4, 0.5) is 0 Å². The topological polar surface area (TPSA) is 96.0 Å². The van der Waals surface area contributed by atoms with Gasteiger partial charge in [-0.3, -0.25) is 19.2 Å². The average Bonchev–Trinajstić information content (AvgIpc) is 3.49. The zero-order valence-corrected chi connectivity index (χ0v) is 16.6. The van der Waals surface area contributed by atoms with Gasteiger partial charge in [0.25, 0.3) is 5.91 Å². The number of hydrogen-bond acceptors (Lipinski definition) is 5. The van der Waals surface area contributed by atoms with E-state index in [1.165, 1.54) is 23.8 Å². The molecule has 0 radical (unpaired) electrons. The van der Waals surface area contributed by atoms with Gasteiger partial charge in [-0.1, -0.05) is 24.3 Å². The average molecular weight is 399 g/mol. The van der Waals surface area contributed by atoms with Gasteiger partial charge in [-0.2, -0.15) is 0 Å². The van der Waals surface area contributed by atoms with Gasteiger partial charge in [0.1, 0.15) is 0 Å². The van der Waals surface area contributed by atoms with Gasteiger partial charge in [-0.15, -0.1) is 0 Å². The molecule has 8 heteroatoms. The number of esters is 1. The van der Waals surface area contributed by atoms with Gasteiger partial charge in [0.05, 0.1) is 19.0 Å². The van der Waals surface area contributed by atoms with E-state index in [1.807, 2.05) is 30.3 Å². The van der Waals surface area contributed by atoms with Crippen molar-refractivity contribution in [3.8, 4) is 0 Å². The fraction of sp³-hybridized carbons (Fsp3) is 0.429. The molecular formula is C21H25N3O5. The number of carbonyl (C=O) groups is 4. The molecule has 1 N–H and O–H groups in total. The first-order chi connectivity index (χ1) is 13.8. The molecule has 0 spiro atoms. The highest BCUT2D eigenvalue weighted by molar-refractivity contribution is 5.86. The fourth-order valence-electron chi connectivity index (χ4n) is 3.19. The number of likely N-dealkylation sites (N-methyl/N-ethyl adjacent to an activating group) is 1. The van der Waals surface area contributed by atoms with E-state index in [0.29, 0.717) is 0 Å². The summed E-state index contributed by atoms with van der Waals surface area (Å²) >= 11 is 0. The first-order valence-corrected chi connectivity index (χ1v) is 9.60. The van der Waals surface area contributed by atoms with Crippen LogP contribution in [0.15, 0.2) is 30.5 Å². The Morgan fingerprint density at radius 2 is 1.93 bits per heavy atom. The van der Waals surface area contributed by atoms with Crippen molar-refractivity contribution < 1.29 is 23.9 Å². The highest BCUT2D eigenvalue weighted by atomic mass is 16.5. The van der Waals surface area contributed by atoms with Crippen LogP contribution in [0.5, 0.6) is 0 Å². The van der Waals surface area contributed by atoms with Crippen LogP contribution >= 0.6 is 0 Å². The fourth-order valence-corrected chi connectivity index (χ4v) is 3.19. The van der Waals surface area contributed by atoms with Crippen LogP contribution in [-0.4, -0.2) is 59.7 Å². The summed E-state index contributed by atoms with van der Waals surface area (Å²) in [7, 11) is 1.49. The molecule has 0 aromatic heterocycles. The molecule has 1 aliphatic heterocycles. The Morgan fingerprint density at radius 3 is 2.62 bits per heavy atom. The molecule has 1 atom stereocenters. The van der Waals surface area contributed by atoms with Gasteiger partial charge < -0.3 is 19.9 Å². The lowest BCUT2D eigenvalue weighted by atomic mass is 9.94. The van der Waals surface area contributed by atoms with Crippen molar-refractivity contribution in [3.05, 3.63) is 41.6 Å². The molecule has 1 fully saturated rings. The van der Waals surface area contributed by atoms with Gasteiger partial charge in [-0.25, -0.2) is 0 Å². The van der Waals surface area contributed by atoms with E-state index in [0.717, 1.165) is 24.0 Å². The van der Waals surface area contributed by atoms with Crippen molar-refractivity contribution in [2.24, 2.45) is 0 Å². The quantitative estimate of drug-likeness (QED) is 0.696. The number of nitrogens with zero attached hydrogens (tertiary/aromatic N) is 2. The summed E-state index contributed by atoms with van der Waals surface area (Å²) in [5.74, 6) is -1.46. The van der Waals surface area contributed by atoms with E-state index >= 15 is 0 Å². The third-order valence-electron chi connectivity index (χ3n) is 4.93.